The van der Waals surface area contributed by atoms with Gasteiger partial charge in [0.2, 0.25) is 0 Å². The highest BCUT2D eigenvalue weighted by Gasteiger charge is 2.56. The summed E-state index contributed by atoms with van der Waals surface area (Å²) in [7, 11) is 0. The molecule has 0 bridgehead atoms. The van der Waals surface area contributed by atoms with Gasteiger partial charge in [0.25, 0.3) is 0 Å². The molecule has 266 valence electrons. The number of hydrogen-bond donors (Lipinski definition) is 3. The first-order valence-corrected chi connectivity index (χ1v) is 19.3. The Labute approximate surface area is 277 Å². The predicted octanol–water partition coefficient (Wildman–Crippen LogP) is 10.8. The van der Waals surface area contributed by atoms with E-state index in [1.807, 2.05) is 20.8 Å². The van der Waals surface area contributed by atoms with E-state index in [9.17, 15) is 29.7 Å². The molecule has 7 heteroatoms. The molecule has 0 aromatic carbocycles. The van der Waals surface area contributed by atoms with E-state index in [1.165, 1.54) is 109 Å². The van der Waals surface area contributed by atoms with Crippen LogP contribution >= 0.6 is 0 Å². The van der Waals surface area contributed by atoms with Crippen LogP contribution in [0.4, 0.5) is 0 Å². The van der Waals surface area contributed by atoms with Gasteiger partial charge >= 0.3 is 17.9 Å². The first kappa shape index (κ1) is 43.4. The van der Waals surface area contributed by atoms with Crippen molar-refractivity contribution in [1.29, 1.82) is 0 Å². The lowest BCUT2D eigenvalue weighted by atomic mass is 9.91. The summed E-state index contributed by atoms with van der Waals surface area (Å²) >= 11 is 0. The van der Waals surface area contributed by atoms with Crippen LogP contribution in [0.1, 0.15) is 201 Å². The summed E-state index contributed by atoms with van der Waals surface area (Å²) in [6.45, 7) is 8.21. The first-order chi connectivity index (χ1) is 21.7. The van der Waals surface area contributed by atoms with Crippen LogP contribution in [0.25, 0.3) is 0 Å². The van der Waals surface area contributed by atoms with Gasteiger partial charge in [-0.15, -0.1) is 0 Å². The molecule has 0 radical (unpaired) electrons. The van der Waals surface area contributed by atoms with E-state index in [1.54, 1.807) is 0 Å². The van der Waals surface area contributed by atoms with Crippen LogP contribution in [0, 0.1) is 0 Å². The molecule has 45 heavy (non-hydrogen) atoms. The third-order valence-corrected chi connectivity index (χ3v) is 9.93. The molecule has 0 spiro atoms. The molecule has 0 heterocycles. The van der Waals surface area contributed by atoms with Crippen molar-refractivity contribution in [2.45, 2.75) is 219 Å². The lowest BCUT2D eigenvalue weighted by Crippen LogP contribution is -2.72. The molecular formula is C38H74NO6+. The topological polar surface area (TPSA) is 112 Å². The van der Waals surface area contributed by atoms with E-state index in [4.69, 9.17) is 0 Å². The Morgan fingerprint density at radius 3 is 0.800 bits per heavy atom. The minimum atomic E-state index is -1.08. The molecule has 3 unspecified atom stereocenters. The summed E-state index contributed by atoms with van der Waals surface area (Å²) in [6, 6.07) is -3.12. The first-order valence-electron chi connectivity index (χ1n) is 19.3. The van der Waals surface area contributed by atoms with E-state index < -0.39 is 36.0 Å². The van der Waals surface area contributed by atoms with Crippen LogP contribution in [0.15, 0.2) is 0 Å². The number of aliphatic carboxylic acids is 3. The zero-order chi connectivity index (χ0) is 33.8. The van der Waals surface area contributed by atoms with Crippen LogP contribution in [0.3, 0.4) is 0 Å². The summed E-state index contributed by atoms with van der Waals surface area (Å²) in [5.41, 5.74) is 0. The average molecular weight is 641 g/mol. The van der Waals surface area contributed by atoms with E-state index in [0.29, 0.717) is 25.7 Å². The summed E-state index contributed by atoms with van der Waals surface area (Å²) in [6.07, 6.45) is 29.3. The molecule has 0 fully saturated rings. The standard InChI is InChI=1S/C38H73NO6/c1-5-9-10-11-12-13-14-15-16-17-18-19-20-21-22-23-24-25-26-27-28-32-39(33(29-6-2)36(40)41,34(30-7-3)37(42)43)35(31-8-4)38(44)45/h33-35H,5-32H2,1-4H3,(H2-,40,41,42,43,44,45)/p+1. The molecule has 3 N–H and O–H groups in total. The van der Waals surface area contributed by atoms with Crippen molar-refractivity contribution in [2.75, 3.05) is 6.54 Å². The fourth-order valence-electron chi connectivity index (χ4n) is 7.47. The van der Waals surface area contributed by atoms with Gasteiger partial charge < -0.3 is 15.3 Å². The molecule has 0 saturated heterocycles. The lowest BCUT2D eigenvalue weighted by molar-refractivity contribution is -0.973. The van der Waals surface area contributed by atoms with Crippen molar-refractivity contribution >= 4 is 17.9 Å². The number of carboxylic acid groups (broad SMARTS) is 3. The normalized spacial score (nSPS) is 14.9. The van der Waals surface area contributed by atoms with Crippen molar-refractivity contribution in [3.05, 3.63) is 0 Å². The van der Waals surface area contributed by atoms with Crippen LogP contribution in [0.5, 0.6) is 0 Å². The van der Waals surface area contributed by atoms with Gasteiger partial charge in [0, 0.05) is 19.3 Å². The summed E-state index contributed by atoms with van der Waals surface area (Å²) in [5.74, 6) is -3.24. The Kier molecular flexibility index (Phi) is 27.5. The molecule has 0 rings (SSSR count). The Hall–Kier alpha value is -1.63. The van der Waals surface area contributed by atoms with Gasteiger partial charge in [-0.05, 0) is 32.1 Å². The fraction of sp³-hybridized carbons (Fsp3) is 0.921. The van der Waals surface area contributed by atoms with Crippen LogP contribution < -0.4 is 0 Å². The number of hydrogen-bond acceptors (Lipinski definition) is 3. The van der Waals surface area contributed by atoms with Gasteiger partial charge in [-0.25, -0.2) is 14.4 Å². The Balaban J connectivity index is 4.60. The van der Waals surface area contributed by atoms with E-state index in [2.05, 4.69) is 6.92 Å². The zero-order valence-electron chi connectivity index (χ0n) is 30.0. The van der Waals surface area contributed by atoms with Gasteiger partial charge in [0.05, 0.1) is 6.54 Å². The van der Waals surface area contributed by atoms with Gasteiger partial charge in [0.15, 0.2) is 18.1 Å². The molecular weight excluding hydrogens is 566 g/mol. The number of carboxylic acids is 3. The van der Waals surface area contributed by atoms with Crippen molar-refractivity contribution in [1.82, 2.24) is 0 Å². The zero-order valence-corrected chi connectivity index (χ0v) is 30.0. The predicted molar refractivity (Wildman–Crippen MR) is 187 cm³/mol. The maximum Gasteiger partial charge on any atom is 0.362 e. The number of carbonyl (C=O) groups is 3. The quantitative estimate of drug-likeness (QED) is 0.0476. The van der Waals surface area contributed by atoms with Crippen molar-refractivity contribution in [3.8, 4) is 0 Å². The highest BCUT2D eigenvalue weighted by Crippen LogP contribution is 2.34. The molecule has 0 aliphatic rings. The second-order valence-corrected chi connectivity index (χ2v) is 13.7. The summed E-state index contributed by atoms with van der Waals surface area (Å²) < 4.78 is -0.366. The molecule has 3 atom stereocenters. The molecule has 0 amide bonds. The average Bonchev–Trinajstić information content (AvgIpc) is 3.00. The van der Waals surface area contributed by atoms with Crippen LogP contribution in [-0.4, -0.2) is 62.4 Å². The fourth-order valence-corrected chi connectivity index (χ4v) is 7.47. The second-order valence-electron chi connectivity index (χ2n) is 13.7. The van der Waals surface area contributed by atoms with Crippen LogP contribution in [0.2, 0.25) is 0 Å². The molecule has 0 saturated carbocycles. The third kappa shape index (κ3) is 18.3. The third-order valence-electron chi connectivity index (χ3n) is 9.93. The van der Waals surface area contributed by atoms with E-state index >= 15 is 0 Å². The molecule has 7 nitrogen and oxygen atoms in total. The minimum absolute atomic E-state index is 0.273. The smallest absolute Gasteiger partial charge is 0.362 e. The number of nitrogens with zero attached hydrogens (tertiary/aromatic N) is 1. The van der Waals surface area contributed by atoms with Gasteiger partial charge in [-0.2, -0.15) is 0 Å². The molecule has 0 aromatic heterocycles. The highest BCUT2D eigenvalue weighted by molar-refractivity contribution is 5.78. The van der Waals surface area contributed by atoms with Gasteiger partial charge in [-0.1, -0.05) is 150 Å². The summed E-state index contributed by atoms with van der Waals surface area (Å²) in [5, 5.41) is 30.9. The van der Waals surface area contributed by atoms with E-state index in [-0.39, 0.29) is 30.3 Å². The largest absolute Gasteiger partial charge is 0.477 e. The maximum absolute atomic E-state index is 12.6. The Bertz CT molecular complexity index is 682. The SMILES string of the molecule is CCCCCCCCCCCCCCCCCCCCCCC[N+](C(CCC)C(=O)O)(C(CCC)C(=O)O)C(CCC)C(=O)O. The Morgan fingerprint density at radius 1 is 0.378 bits per heavy atom. The monoisotopic (exact) mass is 641 g/mol. The van der Waals surface area contributed by atoms with Crippen molar-refractivity contribution in [2.24, 2.45) is 0 Å². The highest BCUT2D eigenvalue weighted by atomic mass is 16.4. The lowest BCUT2D eigenvalue weighted by Gasteiger charge is -2.50. The second kappa shape index (κ2) is 28.6. The molecule has 0 aliphatic heterocycles. The van der Waals surface area contributed by atoms with Gasteiger partial charge in [-0.3, -0.25) is 4.48 Å². The molecule has 0 aliphatic carbocycles. The van der Waals surface area contributed by atoms with Crippen molar-refractivity contribution < 1.29 is 34.2 Å². The van der Waals surface area contributed by atoms with Crippen LogP contribution in [-0.2, 0) is 14.4 Å². The minimum Gasteiger partial charge on any atom is -0.477 e. The van der Waals surface area contributed by atoms with Gasteiger partial charge in [0.1, 0.15) is 0 Å². The van der Waals surface area contributed by atoms with E-state index in [0.717, 1.165) is 19.3 Å². The summed E-state index contributed by atoms with van der Waals surface area (Å²) in [4.78, 5) is 37.8. The van der Waals surface area contributed by atoms with Crippen molar-refractivity contribution in [3.63, 3.8) is 0 Å². The Morgan fingerprint density at radius 2 is 0.600 bits per heavy atom. The number of unbranched alkanes of at least 4 members (excludes halogenated alkanes) is 20. The number of quaternary nitrogens is 1. The number of rotatable bonds is 34. The molecule has 0 aromatic rings. The maximum atomic E-state index is 12.6.